The molecule has 2 heterocycles. The number of hydrogen-bond donors (Lipinski definition) is 1. The molecule has 0 aliphatic rings. The summed E-state index contributed by atoms with van der Waals surface area (Å²) in [4.78, 5) is 0. The van der Waals surface area contributed by atoms with Gasteiger partial charge in [0.25, 0.3) is 0 Å². The van der Waals surface area contributed by atoms with Crippen LogP contribution in [0.2, 0.25) is 0 Å². The molecule has 0 amide bonds. The third kappa shape index (κ3) is 2.00. The molecule has 0 fully saturated rings. The van der Waals surface area contributed by atoms with Crippen LogP contribution in [0, 0.1) is 0 Å². The van der Waals surface area contributed by atoms with E-state index < -0.39 is 0 Å². The lowest BCUT2D eigenvalue weighted by Gasteiger charge is -2.02. The van der Waals surface area contributed by atoms with Crippen LogP contribution in [0.1, 0.15) is 11.4 Å². The fourth-order valence-corrected chi connectivity index (χ4v) is 1.22. The lowest BCUT2D eigenvalue weighted by molar-refractivity contribution is 0.408. The Hall–Kier alpha value is -1.62. The first kappa shape index (κ1) is 8.96. The molecular weight excluding hydrogens is 180 g/mol. The fraction of sp³-hybridized carbons (Fsp3) is 0.333. The van der Waals surface area contributed by atoms with E-state index in [1.807, 2.05) is 23.9 Å². The number of rotatable bonds is 4. The zero-order chi connectivity index (χ0) is 9.80. The minimum atomic E-state index is 0.710. The van der Waals surface area contributed by atoms with Crippen molar-refractivity contribution in [3.63, 3.8) is 0 Å². The highest BCUT2D eigenvalue weighted by atomic mass is 16.5. The van der Waals surface area contributed by atoms with Crippen LogP contribution in [0.3, 0.4) is 0 Å². The molecular formula is C9H12N4O. The summed E-state index contributed by atoms with van der Waals surface area (Å²) in [6.45, 7) is 1.49. The van der Waals surface area contributed by atoms with Gasteiger partial charge in [-0.25, -0.2) is 0 Å². The summed E-state index contributed by atoms with van der Waals surface area (Å²) >= 11 is 0. The molecule has 0 bridgehead atoms. The molecule has 0 unspecified atom stereocenters. The van der Waals surface area contributed by atoms with Crippen molar-refractivity contribution in [2.75, 3.05) is 0 Å². The molecule has 0 aliphatic carbocycles. The van der Waals surface area contributed by atoms with Gasteiger partial charge in [-0.1, -0.05) is 5.16 Å². The van der Waals surface area contributed by atoms with E-state index in [4.69, 9.17) is 4.52 Å². The van der Waals surface area contributed by atoms with Crippen molar-refractivity contribution in [1.29, 1.82) is 0 Å². The predicted molar refractivity (Wildman–Crippen MR) is 50.3 cm³/mol. The summed E-state index contributed by atoms with van der Waals surface area (Å²) in [5.74, 6) is 0. The zero-order valence-electron chi connectivity index (χ0n) is 7.97. The van der Waals surface area contributed by atoms with Gasteiger partial charge in [0.2, 0.25) is 0 Å². The third-order valence-electron chi connectivity index (χ3n) is 2.03. The largest absolute Gasteiger partial charge is 0.364 e. The molecule has 5 heteroatoms. The lowest BCUT2D eigenvalue weighted by atomic mass is 10.4. The smallest absolute Gasteiger partial charge is 0.124 e. The van der Waals surface area contributed by atoms with E-state index >= 15 is 0 Å². The highest BCUT2D eigenvalue weighted by Crippen LogP contribution is 1.97. The molecule has 0 saturated heterocycles. The van der Waals surface area contributed by atoms with Crippen LogP contribution in [0.15, 0.2) is 29.1 Å². The van der Waals surface area contributed by atoms with Gasteiger partial charge in [0.1, 0.15) is 6.26 Å². The van der Waals surface area contributed by atoms with Crippen LogP contribution in [-0.4, -0.2) is 14.9 Å². The van der Waals surface area contributed by atoms with E-state index in [0.717, 1.165) is 17.9 Å². The molecule has 74 valence electrons. The first-order valence-electron chi connectivity index (χ1n) is 4.43. The molecule has 14 heavy (non-hydrogen) atoms. The van der Waals surface area contributed by atoms with E-state index in [1.165, 1.54) is 0 Å². The summed E-state index contributed by atoms with van der Waals surface area (Å²) in [6, 6.07) is 3.83. The van der Waals surface area contributed by atoms with Crippen molar-refractivity contribution < 1.29 is 4.52 Å². The van der Waals surface area contributed by atoms with Crippen molar-refractivity contribution in [3.8, 4) is 0 Å². The van der Waals surface area contributed by atoms with Gasteiger partial charge in [0.15, 0.2) is 0 Å². The second kappa shape index (κ2) is 4.06. The standard InChI is InChI=1S/C9H12N4O/c1-13-9(2-4-11-13)7-10-6-8-3-5-14-12-8/h2-5,10H,6-7H2,1H3. The second-order valence-corrected chi connectivity index (χ2v) is 3.04. The van der Waals surface area contributed by atoms with Gasteiger partial charge < -0.3 is 9.84 Å². The molecule has 0 aliphatic heterocycles. The topological polar surface area (TPSA) is 55.9 Å². The molecule has 0 saturated carbocycles. The maximum atomic E-state index is 4.72. The molecule has 0 atom stereocenters. The Balaban J connectivity index is 1.81. The Morgan fingerprint density at radius 1 is 1.43 bits per heavy atom. The number of hydrogen-bond acceptors (Lipinski definition) is 4. The Kier molecular flexibility index (Phi) is 2.60. The van der Waals surface area contributed by atoms with Crippen LogP contribution >= 0.6 is 0 Å². The summed E-state index contributed by atoms with van der Waals surface area (Å²) in [5.41, 5.74) is 2.06. The van der Waals surface area contributed by atoms with Gasteiger partial charge in [0.05, 0.1) is 11.4 Å². The average Bonchev–Trinajstić information content (AvgIpc) is 2.78. The Bertz CT molecular complexity index is 379. The highest BCUT2D eigenvalue weighted by molar-refractivity contribution is 5.00. The highest BCUT2D eigenvalue weighted by Gasteiger charge is 1.99. The van der Waals surface area contributed by atoms with Gasteiger partial charge in [-0.15, -0.1) is 0 Å². The number of nitrogens with one attached hydrogen (secondary N) is 1. The molecule has 2 rings (SSSR count). The van der Waals surface area contributed by atoms with Crippen LogP contribution in [0.4, 0.5) is 0 Å². The van der Waals surface area contributed by atoms with E-state index in [-0.39, 0.29) is 0 Å². The predicted octanol–water partition coefficient (Wildman–Crippen LogP) is 0.698. The Labute approximate surface area is 81.7 Å². The van der Waals surface area contributed by atoms with E-state index in [1.54, 1.807) is 12.5 Å². The van der Waals surface area contributed by atoms with Crippen LogP contribution in [-0.2, 0) is 20.1 Å². The number of aromatic nitrogens is 3. The maximum Gasteiger partial charge on any atom is 0.124 e. The monoisotopic (exact) mass is 192 g/mol. The molecule has 2 aromatic heterocycles. The van der Waals surface area contributed by atoms with Gasteiger partial charge in [-0.05, 0) is 6.07 Å². The van der Waals surface area contributed by atoms with Gasteiger partial charge in [-0.2, -0.15) is 5.10 Å². The quantitative estimate of drug-likeness (QED) is 0.774. The Morgan fingerprint density at radius 2 is 2.36 bits per heavy atom. The fourth-order valence-electron chi connectivity index (χ4n) is 1.22. The average molecular weight is 192 g/mol. The molecule has 0 radical (unpaired) electrons. The van der Waals surface area contributed by atoms with Crippen molar-refractivity contribution in [3.05, 3.63) is 36.0 Å². The SMILES string of the molecule is Cn1nccc1CNCc1ccon1. The van der Waals surface area contributed by atoms with Crippen LogP contribution in [0.5, 0.6) is 0 Å². The molecule has 2 aromatic rings. The molecule has 5 nitrogen and oxygen atoms in total. The normalized spacial score (nSPS) is 10.6. The minimum absolute atomic E-state index is 0.710. The van der Waals surface area contributed by atoms with Crippen LogP contribution < -0.4 is 5.32 Å². The molecule has 0 aromatic carbocycles. The van der Waals surface area contributed by atoms with Gasteiger partial charge in [0, 0.05) is 32.4 Å². The van der Waals surface area contributed by atoms with E-state index in [0.29, 0.717) is 6.54 Å². The van der Waals surface area contributed by atoms with E-state index in [9.17, 15) is 0 Å². The zero-order valence-corrected chi connectivity index (χ0v) is 7.97. The Morgan fingerprint density at radius 3 is 3.00 bits per heavy atom. The van der Waals surface area contributed by atoms with Crippen LogP contribution in [0.25, 0.3) is 0 Å². The summed E-state index contributed by atoms with van der Waals surface area (Å²) in [6.07, 6.45) is 3.36. The first-order chi connectivity index (χ1) is 6.86. The van der Waals surface area contributed by atoms with Crippen molar-refractivity contribution in [1.82, 2.24) is 20.3 Å². The number of nitrogens with zero attached hydrogens (tertiary/aromatic N) is 3. The van der Waals surface area contributed by atoms with E-state index in [2.05, 4.69) is 15.6 Å². The summed E-state index contributed by atoms with van der Waals surface area (Å²) in [7, 11) is 1.92. The van der Waals surface area contributed by atoms with Crippen molar-refractivity contribution in [2.45, 2.75) is 13.1 Å². The van der Waals surface area contributed by atoms with Gasteiger partial charge >= 0.3 is 0 Å². The maximum absolute atomic E-state index is 4.72. The minimum Gasteiger partial charge on any atom is -0.364 e. The third-order valence-corrected chi connectivity index (χ3v) is 2.03. The molecule has 0 spiro atoms. The van der Waals surface area contributed by atoms with Crippen molar-refractivity contribution in [2.24, 2.45) is 7.05 Å². The lowest BCUT2D eigenvalue weighted by Crippen LogP contribution is -2.15. The summed E-state index contributed by atoms with van der Waals surface area (Å²) in [5, 5.41) is 11.1. The second-order valence-electron chi connectivity index (χ2n) is 3.04. The van der Waals surface area contributed by atoms with Gasteiger partial charge in [-0.3, -0.25) is 4.68 Å². The summed E-state index contributed by atoms with van der Waals surface area (Å²) < 4.78 is 6.56. The first-order valence-corrected chi connectivity index (χ1v) is 4.43. The van der Waals surface area contributed by atoms with Crippen molar-refractivity contribution >= 4 is 0 Å². The molecule has 1 N–H and O–H groups in total. The number of aryl methyl sites for hydroxylation is 1.